The van der Waals surface area contributed by atoms with E-state index in [4.69, 9.17) is 14.0 Å². The zero-order valence-electron chi connectivity index (χ0n) is 18.5. The summed E-state index contributed by atoms with van der Waals surface area (Å²) in [5.41, 5.74) is -0.173. The van der Waals surface area contributed by atoms with Crippen molar-refractivity contribution in [3.63, 3.8) is 0 Å². The molecule has 0 radical (unpaired) electrons. The summed E-state index contributed by atoms with van der Waals surface area (Å²) in [5, 5.41) is 7.22. The molecule has 2 rings (SSSR count). The van der Waals surface area contributed by atoms with E-state index in [-0.39, 0.29) is 24.4 Å². The molecule has 1 aliphatic heterocycles. The topological polar surface area (TPSA) is 74.6 Å². The third-order valence-electron chi connectivity index (χ3n) is 5.16. The molecule has 0 unspecified atom stereocenters. The van der Waals surface area contributed by atoms with Gasteiger partial charge in [0.2, 0.25) is 0 Å². The monoisotopic (exact) mass is 393 g/mol. The van der Waals surface area contributed by atoms with E-state index in [1.54, 1.807) is 0 Å². The van der Waals surface area contributed by atoms with Crippen molar-refractivity contribution in [2.75, 3.05) is 6.54 Å². The van der Waals surface area contributed by atoms with Gasteiger partial charge in [-0.2, -0.15) is 5.10 Å². The maximum atomic E-state index is 11.6. The van der Waals surface area contributed by atoms with E-state index in [0.29, 0.717) is 6.54 Å². The third-order valence-corrected chi connectivity index (χ3v) is 5.16. The fourth-order valence-electron chi connectivity index (χ4n) is 2.86. The van der Waals surface area contributed by atoms with E-state index in [2.05, 4.69) is 38.1 Å². The van der Waals surface area contributed by atoms with E-state index in [0.717, 1.165) is 37.7 Å². The van der Waals surface area contributed by atoms with E-state index >= 15 is 0 Å². The van der Waals surface area contributed by atoms with Crippen LogP contribution in [-0.4, -0.2) is 46.3 Å². The molecule has 28 heavy (non-hydrogen) atoms. The first-order chi connectivity index (χ1) is 12.9. The maximum absolute atomic E-state index is 11.6. The average molecular weight is 393 g/mol. The predicted octanol–water partition coefficient (Wildman–Crippen LogP) is 3.27. The fourth-order valence-corrected chi connectivity index (χ4v) is 2.86. The number of rotatable bonds is 8. The van der Waals surface area contributed by atoms with Gasteiger partial charge >= 0.3 is 13.2 Å². The Labute approximate surface area is 169 Å². The Balaban J connectivity index is 1.62. The van der Waals surface area contributed by atoms with Crippen molar-refractivity contribution >= 4 is 18.7 Å². The normalized spacial score (nSPS) is 18.3. The Hall–Kier alpha value is -1.54. The number of carbonyl (C=O) groups excluding carboxylic acids is 1. The molecule has 1 aromatic rings. The zero-order valence-corrected chi connectivity index (χ0v) is 18.5. The minimum Gasteiger partial charge on any atom is -0.444 e. The molecule has 0 saturated carbocycles. The lowest BCUT2D eigenvalue weighted by Gasteiger charge is -2.32. The summed E-state index contributed by atoms with van der Waals surface area (Å²) < 4.78 is 19.3. The van der Waals surface area contributed by atoms with Crippen LogP contribution < -0.4 is 10.8 Å². The van der Waals surface area contributed by atoms with Crippen LogP contribution in [0.15, 0.2) is 12.4 Å². The van der Waals surface area contributed by atoms with Crippen molar-refractivity contribution in [3.8, 4) is 0 Å². The molecule has 1 N–H and O–H groups in total. The number of aromatic nitrogens is 2. The summed E-state index contributed by atoms with van der Waals surface area (Å²) >= 11 is 0. The van der Waals surface area contributed by atoms with Gasteiger partial charge in [-0.05, 0) is 61.3 Å². The van der Waals surface area contributed by atoms with E-state index in [1.807, 2.05) is 37.8 Å². The number of unbranched alkanes of at least 4 members (excludes halogenated alkanes) is 3. The number of nitrogens with zero attached hydrogens (tertiary/aromatic N) is 2. The predicted molar refractivity (Wildman–Crippen MR) is 111 cm³/mol. The first-order valence-electron chi connectivity index (χ1n) is 10.2. The van der Waals surface area contributed by atoms with E-state index in [9.17, 15) is 4.79 Å². The minimum atomic E-state index is -0.452. The summed E-state index contributed by atoms with van der Waals surface area (Å²) in [6.45, 7) is 15.3. The van der Waals surface area contributed by atoms with Crippen LogP contribution in [0.25, 0.3) is 0 Å². The first kappa shape index (κ1) is 22.8. The highest BCUT2D eigenvalue weighted by molar-refractivity contribution is 6.61. The van der Waals surface area contributed by atoms with Gasteiger partial charge in [0.1, 0.15) is 5.60 Å². The molecule has 158 valence electrons. The molecular formula is C20H36BN3O4. The van der Waals surface area contributed by atoms with Gasteiger partial charge in [-0.15, -0.1) is 0 Å². The molecule has 1 aromatic heterocycles. The number of amides is 1. The number of aryl methyl sites for hydroxylation is 1. The zero-order chi connectivity index (χ0) is 21.0. The van der Waals surface area contributed by atoms with Crippen LogP contribution in [0.3, 0.4) is 0 Å². The molecule has 8 heteroatoms. The SMILES string of the molecule is CC(C)(C)OC(=O)NCCCCCCn1cc(B2OC(C)(C)C(C)(C)O2)cn1. The average Bonchev–Trinajstić information content (AvgIpc) is 3.07. The van der Waals surface area contributed by atoms with Crippen LogP contribution >= 0.6 is 0 Å². The van der Waals surface area contributed by atoms with Gasteiger partial charge in [-0.1, -0.05) is 12.8 Å². The van der Waals surface area contributed by atoms with Gasteiger partial charge in [0.25, 0.3) is 0 Å². The number of alkyl carbamates (subject to hydrolysis) is 1. The Bertz CT molecular complexity index is 636. The van der Waals surface area contributed by atoms with E-state index in [1.165, 1.54) is 0 Å². The highest BCUT2D eigenvalue weighted by atomic mass is 16.7. The van der Waals surface area contributed by atoms with Crippen LogP contribution in [0, 0.1) is 0 Å². The number of hydrogen-bond donors (Lipinski definition) is 1. The van der Waals surface area contributed by atoms with Crippen molar-refractivity contribution in [1.29, 1.82) is 0 Å². The van der Waals surface area contributed by atoms with Crippen molar-refractivity contribution in [2.24, 2.45) is 0 Å². The smallest absolute Gasteiger partial charge is 0.444 e. The highest BCUT2D eigenvalue weighted by Crippen LogP contribution is 2.36. The van der Waals surface area contributed by atoms with Crippen LogP contribution in [0.2, 0.25) is 0 Å². The summed E-state index contributed by atoms with van der Waals surface area (Å²) in [4.78, 5) is 11.6. The van der Waals surface area contributed by atoms with Gasteiger partial charge < -0.3 is 19.4 Å². The minimum absolute atomic E-state index is 0.340. The lowest BCUT2D eigenvalue weighted by atomic mass is 9.82. The first-order valence-corrected chi connectivity index (χ1v) is 10.2. The Morgan fingerprint density at radius 2 is 1.75 bits per heavy atom. The Morgan fingerprint density at radius 1 is 1.14 bits per heavy atom. The highest BCUT2D eigenvalue weighted by Gasteiger charge is 2.52. The second-order valence-electron chi connectivity index (χ2n) is 9.47. The molecule has 1 fully saturated rings. The van der Waals surface area contributed by atoms with Crippen LogP contribution in [0.1, 0.15) is 74.1 Å². The van der Waals surface area contributed by atoms with Gasteiger partial charge in [0, 0.05) is 30.9 Å². The summed E-state index contributed by atoms with van der Waals surface area (Å²) in [7, 11) is -0.363. The lowest BCUT2D eigenvalue weighted by Crippen LogP contribution is -2.41. The van der Waals surface area contributed by atoms with Crippen molar-refractivity contribution in [1.82, 2.24) is 15.1 Å². The molecular weight excluding hydrogens is 357 g/mol. The van der Waals surface area contributed by atoms with Gasteiger partial charge in [0.15, 0.2) is 0 Å². The molecule has 0 atom stereocenters. The molecule has 0 aliphatic carbocycles. The van der Waals surface area contributed by atoms with E-state index < -0.39 is 5.60 Å². The van der Waals surface area contributed by atoms with Crippen molar-refractivity contribution < 1.29 is 18.8 Å². The Kier molecular flexibility index (Phi) is 7.20. The fraction of sp³-hybridized carbons (Fsp3) is 0.800. The van der Waals surface area contributed by atoms with Crippen LogP contribution in [0.4, 0.5) is 4.79 Å². The van der Waals surface area contributed by atoms with Gasteiger partial charge in [-0.25, -0.2) is 4.79 Å². The van der Waals surface area contributed by atoms with Gasteiger partial charge in [0.05, 0.1) is 11.2 Å². The molecule has 7 nitrogen and oxygen atoms in total. The molecule has 2 heterocycles. The molecule has 1 aliphatic rings. The Morgan fingerprint density at radius 3 is 2.36 bits per heavy atom. The standard InChI is InChI=1S/C20H36BN3O4/c1-18(2,3)26-17(25)22-12-10-8-9-11-13-24-15-16(14-23-24)21-27-19(4,5)20(6,7)28-21/h14-15H,8-13H2,1-7H3,(H,22,25). The molecule has 1 amide bonds. The number of carbonyl (C=O) groups is 1. The van der Waals surface area contributed by atoms with Crippen LogP contribution in [0.5, 0.6) is 0 Å². The van der Waals surface area contributed by atoms with Gasteiger partial charge in [-0.3, -0.25) is 4.68 Å². The molecule has 0 spiro atoms. The summed E-state index contributed by atoms with van der Waals surface area (Å²) in [5.74, 6) is 0. The molecule has 0 aromatic carbocycles. The number of ether oxygens (including phenoxy) is 1. The number of nitrogens with one attached hydrogen (secondary N) is 1. The third kappa shape index (κ3) is 6.52. The lowest BCUT2D eigenvalue weighted by molar-refractivity contribution is 0.00578. The summed E-state index contributed by atoms with van der Waals surface area (Å²) in [6.07, 6.45) is 7.61. The van der Waals surface area contributed by atoms with Crippen molar-refractivity contribution in [3.05, 3.63) is 12.4 Å². The second-order valence-corrected chi connectivity index (χ2v) is 9.47. The maximum Gasteiger partial charge on any atom is 0.498 e. The summed E-state index contributed by atoms with van der Waals surface area (Å²) in [6, 6.07) is 0. The number of hydrogen-bond acceptors (Lipinski definition) is 5. The van der Waals surface area contributed by atoms with Crippen LogP contribution in [-0.2, 0) is 20.6 Å². The molecule has 1 saturated heterocycles. The van der Waals surface area contributed by atoms with Crippen molar-refractivity contribution in [2.45, 2.75) is 97.5 Å². The molecule has 0 bridgehead atoms. The second kappa shape index (κ2) is 8.86. The quantitative estimate of drug-likeness (QED) is 0.542. The largest absolute Gasteiger partial charge is 0.498 e.